The highest BCUT2D eigenvalue weighted by Gasteiger charge is 2.31. The number of hydrogen-bond acceptors (Lipinski definition) is 6. The van der Waals surface area contributed by atoms with Crippen molar-refractivity contribution in [1.82, 2.24) is 15.8 Å². The van der Waals surface area contributed by atoms with Crippen LogP contribution in [0.5, 0.6) is 0 Å². The predicted octanol–water partition coefficient (Wildman–Crippen LogP) is 9.19. The number of aromatic nitrogens is 1. The maximum atomic E-state index is 13.6. The van der Waals surface area contributed by atoms with E-state index in [2.05, 4.69) is 15.8 Å². The first-order valence-electron chi connectivity index (χ1n) is 15.4. The fourth-order valence-corrected chi connectivity index (χ4v) is 5.10. The summed E-state index contributed by atoms with van der Waals surface area (Å²) in [5.74, 6) is -0.606. The van der Waals surface area contributed by atoms with Crippen LogP contribution in [0.2, 0.25) is 10.0 Å². The number of alkyl carbamates (subject to hydrolysis) is 1. The molecule has 13 heteroatoms. The minimum absolute atomic E-state index is 0.0615. The molecule has 1 aromatic heterocycles. The highest BCUT2D eigenvalue weighted by atomic mass is 35.5. The number of alkyl halides is 2. The van der Waals surface area contributed by atoms with E-state index in [0.717, 1.165) is 15.6 Å². The number of carbonyl (C=O) groups is 3. The second-order valence-electron chi connectivity index (χ2n) is 12.4. The monoisotopic (exact) mass is 748 g/mol. The molecular weight excluding hydrogens is 710 g/mol. The highest BCUT2D eigenvalue weighted by Crippen LogP contribution is 2.27. The van der Waals surface area contributed by atoms with E-state index >= 15 is 0 Å². The summed E-state index contributed by atoms with van der Waals surface area (Å²) in [6.45, 7) is 11.0. The second-order valence-corrected chi connectivity index (χ2v) is 14.3. The molecule has 0 bridgehead atoms. The number of anilines is 1. The molecule has 2 unspecified atom stereocenters. The molecule has 262 valence electrons. The van der Waals surface area contributed by atoms with Gasteiger partial charge in [0.05, 0.1) is 6.20 Å². The summed E-state index contributed by atoms with van der Waals surface area (Å²) in [7, 11) is 0. The zero-order valence-corrected chi connectivity index (χ0v) is 31.1. The number of amides is 3. The van der Waals surface area contributed by atoms with Gasteiger partial charge in [-0.3, -0.25) is 9.59 Å². The zero-order chi connectivity index (χ0) is 36.3. The number of nitrogens with zero attached hydrogens (tertiary/aromatic N) is 2. The van der Waals surface area contributed by atoms with Gasteiger partial charge in [0.2, 0.25) is 5.91 Å². The molecule has 2 atom stereocenters. The molecule has 0 aliphatic carbocycles. The smallest absolute Gasteiger partial charge is 0.408 e. The minimum Gasteiger partial charge on any atom is -0.444 e. The van der Waals surface area contributed by atoms with E-state index in [0.29, 0.717) is 22.6 Å². The minimum atomic E-state index is -1.33. The van der Waals surface area contributed by atoms with E-state index in [9.17, 15) is 14.4 Å². The van der Waals surface area contributed by atoms with Gasteiger partial charge in [0.1, 0.15) is 11.6 Å². The first-order valence-corrected chi connectivity index (χ1v) is 17.1. The SMILES string of the molecule is CC(C)C(CN(C(=O)C(Cl)Cl)c1cccc(-c2ccno2)c1)NC(=O)C(NC(=O)OC(C)(C)C)c1ccccc1.Cc1c(Cl)cccc1Cl. The Kier molecular flexibility index (Phi) is 14.8. The fraction of sp³-hybridized carbons (Fsp3) is 0.333. The lowest BCUT2D eigenvalue weighted by molar-refractivity contribution is -0.124. The summed E-state index contributed by atoms with van der Waals surface area (Å²) in [6.07, 6.45) is 0.794. The Hall–Kier alpha value is -3.76. The summed E-state index contributed by atoms with van der Waals surface area (Å²) >= 11 is 23.5. The Morgan fingerprint density at radius 1 is 0.898 bits per heavy atom. The van der Waals surface area contributed by atoms with Gasteiger partial charge in [-0.25, -0.2) is 4.79 Å². The molecule has 1 heterocycles. The third kappa shape index (κ3) is 12.3. The van der Waals surface area contributed by atoms with Crippen molar-refractivity contribution in [2.75, 3.05) is 11.4 Å². The van der Waals surface area contributed by atoms with Crippen molar-refractivity contribution in [3.05, 3.63) is 106 Å². The van der Waals surface area contributed by atoms with Crippen molar-refractivity contribution in [2.45, 2.75) is 64.1 Å². The summed E-state index contributed by atoms with van der Waals surface area (Å²) in [5, 5.41) is 10.9. The van der Waals surface area contributed by atoms with E-state index in [1.165, 1.54) is 11.1 Å². The van der Waals surface area contributed by atoms with Gasteiger partial charge in [0, 0.05) is 39.9 Å². The average molecular weight is 751 g/mol. The largest absolute Gasteiger partial charge is 0.444 e. The van der Waals surface area contributed by atoms with Crippen LogP contribution in [0, 0.1) is 12.8 Å². The van der Waals surface area contributed by atoms with Crippen molar-refractivity contribution >= 4 is 70.0 Å². The first kappa shape index (κ1) is 39.7. The van der Waals surface area contributed by atoms with Gasteiger partial charge in [-0.1, -0.05) is 114 Å². The van der Waals surface area contributed by atoms with Gasteiger partial charge in [-0.2, -0.15) is 0 Å². The summed E-state index contributed by atoms with van der Waals surface area (Å²) in [4.78, 5) is 39.5. The lowest BCUT2D eigenvalue weighted by Crippen LogP contribution is -2.52. The highest BCUT2D eigenvalue weighted by molar-refractivity contribution is 6.54. The lowest BCUT2D eigenvalue weighted by Gasteiger charge is -2.32. The first-order chi connectivity index (χ1) is 23.1. The van der Waals surface area contributed by atoms with Gasteiger partial charge in [-0.15, -0.1) is 0 Å². The van der Waals surface area contributed by atoms with Crippen molar-refractivity contribution in [3.63, 3.8) is 0 Å². The molecule has 4 aromatic rings. The molecule has 4 rings (SSSR count). The van der Waals surface area contributed by atoms with Gasteiger partial charge >= 0.3 is 6.09 Å². The molecule has 0 aliphatic rings. The number of rotatable bonds is 10. The lowest BCUT2D eigenvalue weighted by atomic mass is 10.0. The average Bonchev–Trinajstić information content (AvgIpc) is 3.59. The summed E-state index contributed by atoms with van der Waals surface area (Å²) in [6, 6.07) is 21.5. The number of nitrogens with one attached hydrogen (secondary N) is 2. The van der Waals surface area contributed by atoms with Crippen LogP contribution in [-0.4, -0.2) is 46.1 Å². The van der Waals surface area contributed by atoms with Gasteiger partial charge < -0.3 is 24.8 Å². The Bertz CT molecular complexity index is 1660. The molecule has 0 spiro atoms. The molecular formula is C36H40Cl4N4O5. The van der Waals surface area contributed by atoms with E-state index in [1.807, 2.05) is 51.1 Å². The van der Waals surface area contributed by atoms with Crippen LogP contribution in [0.1, 0.15) is 51.8 Å². The van der Waals surface area contributed by atoms with Crippen molar-refractivity contribution in [1.29, 1.82) is 0 Å². The van der Waals surface area contributed by atoms with Crippen LogP contribution in [-0.2, 0) is 14.3 Å². The van der Waals surface area contributed by atoms with Gasteiger partial charge in [-0.05, 0) is 69.0 Å². The zero-order valence-electron chi connectivity index (χ0n) is 28.0. The standard InChI is InChI=1S/C29H34Cl2N4O5.C7H6Cl2/c1-18(2)22(33-26(36)24(19-10-7-6-8-11-19)34-28(38)39-29(3,4)5)17-35(27(37)25(30)31)21-13-9-12-20(16-21)23-14-15-32-40-23;1-5-6(8)3-2-4-7(5)9/h6-16,18,22,24-25H,17H2,1-5H3,(H,33,36)(H,34,38);2-4H,1H3. The van der Waals surface area contributed by atoms with Crippen LogP contribution >= 0.6 is 46.4 Å². The van der Waals surface area contributed by atoms with Crippen molar-refractivity contribution < 1.29 is 23.6 Å². The fourth-order valence-electron chi connectivity index (χ4n) is 4.47. The molecule has 0 fully saturated rings. The van der Waals surface area contributed by atoms with E-state index in [4.69, 9.17) is 55.7 Å². The molecule has 0 saturated carbocycles. The molecule has 3 amide bonds. The third-order valence-corrected chi connectivity index (χ3v) is 8.29. The quantitative estimate of drug-likeness (QED) is 0.156. The second kappa shape index (κ2) is 18.3. The number of carbonyl (C=O) groups excluding carboxylic acids is 3. The molecule has 3 aromatic carbocycles. The molecule has 9 nitrogen and oxygen atoms in total. The van der Waals surface area contributed by atoms with Gasteiger partial charge in [0.25, 0.3) is 5.91 Å². The molecule has 0 radical (unpaired) electrons. The Morgan fingerprint density at radius 2 is 1.53 bits per heavy atom. The van der Waals surface area contributed by atoms with Crippen LogP contribution in [0.25, 0.3) is 11.3 Å². The molecule has 0 saturated heterocycles. The predicted molar refractivity (Wildman–Crippen MR) is 196 cm³/mol. The number of benzene rings is 3. The maximum Gasteiger partial charge on any atom is 0.408 e. The van der Waals surface area contributed by atoms with Crippen LogP contribution in [0.3, 0.4) is 0 Å². The Labute approximate surface area is 307 Å². The number of ether oxygens (including phenoxy) is 1. The maximum absolute atomic E-state index is 13.6. The van der Waals surface area contributed by atoms with Crippen LogP contribution in [0.4, 0.5) is 10.5 Å². The summed E-state index contributed by atoms with van der Waals surface area (Å²) in [5.41, 5.74) is 1.98. The Morgan fingerprint density at radius 3 is 2.06 bits per heavy atom. The Balaban J connectivity index is 0.000000624. The van der Waals surface area contributed by atoms with Crippen molar-refractivity contribution in [3.8, 4) is 11.3 Å². The van der Waals surface area contributed by atoms with Crippen LogP contribution in [0.15, 0.2) is 89.6 Å². The van der Waals surface area contributed by atoms with Gasteiger partial charge in [0.15, 0.2) is 10.6 Å². The van der Waals surface area contributed by atoms with Crippen molar-refractivity contribution in [2.24, 2.45) is 5.92 Å². The van der Waals surface area contributed by atoms with E-state index in [-0.39, 0.29) is 12.5 Å². The van der Waals surface area contributed by atoms with E-state index in [1.54, 1.807) is 69.3 Å². The van der Waals surface area contributed by atoms with E-state index < -0.39 is 40.4 Å². The molecule has 0 aliphatic heterocycles. The van der Waals surface area contributed by atoms with Crippen LogP contribution < -0.4 is 15.5 Å². The molecule has 49 heavy (non-hydrogen) atoms. The topological polar surface area (TPSA) is 114 Å². The molecule has 2 N–H and O–H groups in total. The normalized spacial score (nSPS) is 12.4. The third-order valence-electron chi connectivity index (χ3n) is 7.10. The summed E-state index contributed by atoms with van der Waals surface area (Å²) < 4.78 is 10.6. The number of halogens is 4. The number of hydrogen-bond donors (Lipinski definition) is 2.